The summed E-state index contributed by atoms with van der Waals surface area (Å²) < 4.78 is 1.36. The van der Waals surface area contributed by atoms with E-state index < -0.39 is 4.92 Å². The molecule has 1 aromatic carbocycles. The third kappa shape index (κ3) is 2.72. The van der Waals surface area contributed by atoms with E-state index >= 15 is 0 Å². The zero-order valence-corrected chi connectivity index (χ0v) is 11.6. The van der Waals surface area contributed by atoms with Crippen LogP contribution in [0.15, 0.2) is 24.3 Å². The quantitative estimate of drug-likeness (QED) is 0.632. The van der Waals surface area contributed by atoms with Crippen molar-refractivity contribution in [3.63, 3.8) is 0 Å². The second kappa shape index (κ2) is 5.59. The highest BCUT2D eigenvalue weighted by Crippen LogP contribution is 2.31. The van der Waals surface area contributed by atoms with Gasteiger partial charge in [-0.2, -0.15) is 5.10 Å². The van der Waals surface area contributed by atoms with Crippen LogP contribution >= 0.6 is 23.2 Å². The Morgan fingerprint density at radius 3 is 2.47 bits per heavy atom. The lowest BCUT2D eigenvalue weighted by Crippen LogP contribution is -1.97. The van der Waals surface area contributed by atoms with E-state index in [0.29, 0.717) is 22.8 Å². The maximum Gasteiger partial charge on any atom is 0.329 e. The summed E-state index contributed by atoms with van der Waals surface area (Å²) in [4.78, 5) is 10.6. The van der Waals surface area contributed by atoms with Crippen LogP contribution in [0.5, 0.6) is 0 Å². The first-order chi connectivity index (χ1) is 9.04. The van der Waals surface area contributed by atoms with Gasteiger partial charge in [-0.3, -0.25) is 10.1 Å². The van der Waals surface area contributed by atoms with E-state index in [-0.39, 0.29) is 10.8 Å². The van der Waals surface area contributed by atoms with Gasteiger partial charge < -0.3 is 0 Å². The zero-order valence-electron chi connectivity index (χ0n) is 10.1. The molecule has 2 rings (SSSR count). The summed E-state index contributed by atoms with van der Waals surface area (Å²) in [6, 6.07) is 6.78. The SMILES string of the molecule is CCCc1nn(-c2ccc(Cl)cc2)c(Cl)c1[N+](=O)[O-]. The van der Waals surface area contributed by atoms with E-state index in [1.807, 2.05) is 6.92 Å². The first kappa shape index (κ1) is 13.8. The Morgan fingerprint density at radius 2 is 1.95 bits per heavy atom. The fourth-order valence-electron chi connectivity index (χ4n) is 1.77. The Bertz CT molecular complexity index is 608. The van der Waals surface area contributed by atoms with Gasteiger partial charge in [0, 0.05) is 5.02 Å². The van der Waals surface area contributed by atoms with Crippen LogP contribution in [0.25, 0.3) is 5.69 Å². The average molecular weight is 300 g/mol. The highest BCUT2D eigenvalue weighted by Gasteiger charge is 2.26. The smallest absolute Gasteiger partial charge is 0.258 e. The van der Waals surface area contributed by atoms with Gasteiger partial charge in [-0.1, -0.05) is 36.5 Å². The van der Waals surface area contributed by atoms with E-state index in [2.05, 4.69) is 5.10 Å². The molecule has 0 atom stereocenters. The first-order valence-electron chi connectivity index (χ1n) is 5.72. The molecule has 0 saturated carbocycles. The zero-order chi connectivity index (χ0) is 14.0. The van der Waals surface area contributed by atoms with Crippen molar-refractivity contribution in [2.24, 2.45) is 0 Å². The Hall–Kier alpha value is -1.59. The normalized spacial score (nSPS) is 10.7. The highest BCUT2D eigenvalue weighted by atomic mass is 35.5. The summed E-state index contributed by atoms with van der Waals surface area (Å²) in [7, 11) is 0. The van der Waals surface area contributed by atoms with Crippen LogP contribution in [0.1, 0.15) is 19.0 Å². The molecule has 100 valence electrons. The molecule has 1 heterocycles. The molecule has 5 nitrogen and oxygen atoms in total. The number of rotatable bonds is 4. The predicted octanol–water partition coefficient (Wildman–Crippen LogP) is 4.04. The van der Waals surface area contributed by atoms with Gasteiger partial charge in [-0.25, -0.2) is 4.68 Å². The molecule has 0 radical (unpaired) electrons. The molecule has 7 heteroatoms. The molecule has 0 unspecified atom stereocenters. The summed E-state index contributed by atoms with van der Waals surface area (Å²) >= 11 is 11.9. The maximum atomic E-state index is 11.1. The van der Waals surface area contributed by atoms with Gasteiger partial charge in [0.1, 0.15) is 5.69 Å². The van der Waals surface area contributed by atoms with Crippen molar-refractivity contribution in [1.82, 2.24) is 9.78 Å². The van der Waals surface area contributed by atoms with Crippen LogP contribution < -0.4 is 0 Å². The first-order valence-corrected chi connectivity index (χ1v) is 6.48. The van der Waals surface area contributed by atoms with Crippen LogP contribution in [0.4, 0.5) is 5.69 Å². The van der Waals surface area contributed by atoms with Crippen molar-refractivity contribution in [1.29, 1.82) is 0 Å². The molecule has 0 N–H and O–H groups in total. The minimum atomic E-state index is -0.493. The van der Waals surface area contributed by atoms with Crippen LogP contribution in [0.3, 0.4) is 0 Å². The number of hydrogen-bond acceptors (Lipinski definition) is 3. The molecule has 0 spiro atoms. The van der Waals surface area contributed by atoms with Crippen LogP contribution in [-0.2, 0) is 6.42 Å². The number of aromatic nitrogens is 2. The van der Waals surface area contributed by atoms with E-state index in [1.165, 1.54) is 4.68 Å². The predicted molar refractivity (Wildman–Crippen MR) is 74.2 cm³/mol. The molecule has 0 aliphatic heterocycles. The van der Waals surface area contributed by atoms with Crippen molar-refractivity contribution >= 4 is 28.9 Å². The lowest BCUT2D eigenvalue weighted by Gasteiger charge is -2.01. The molecule has 0 saturated heterocycles. The summed E-state index contributed by atoms with van der Waals surface area (Å²) in [5.74, 6) is 0. The lowest BCUT2D eigenvalue weighted by molar-refractivity contribution is -0.385. The van der Waals surface area contributed by atoms with Gasteiger partial charge in [-0.05, 0) is 30.7 Å². The standard InChI is InChI=1S/C12H11Cl2N3O2/c1-2-3-10-11(17(18)19)12(14)16(15-10)9-6-4-8(13)5-7-9/h4-7H,2-3H2,1H3. The number of nitro groups is 1. The van der Waals surface area contributed by atoms with Gasteiger partial charge in [0.2, 0.25) is 5.15 Å². The van der Waals surface area contributed by atoms with Crippen LogP contribution in [0.2, 0.25) is 10.2 Å². The van der Waals surface area contributed by atoms with E-state index in [4.69, 9.17) is 23.2 Å². The molecule has 1 aromatic heterocycles. The number of benzene rings is 1. The minimum Gasteiger partial charge on any atom is -0.258 e. The minimum absolute atomic E-state index is 0.00997. The Labute approximate surface area is 119 Å². The Kier molecular flexibility index (Phi) is 4.07. The van der Waals surface area contributed by atoms with Gasteiger partial charge in [0.05, 0.1) is 10.6 Å². The largest absolute Gasteiger partial charge is 0.329 e. The second-order valence-corrected chi connectivity index (χ2v) is 4.78. The summed E-state index contributed by atoms with van der Waals surface area (Å²) in [6.07, 6.45) is 1.27. The fraction of sp³-hybridized carbons (Fsp3) is 0.250. The van der Waals surface area contributed by atoms with Gasteiger partial charge >= 0.3 is 5.69 Å². The van der Waals surface area contributed by atoms with Crippen LogP contribution in [-0.4, -0.2) is 14.7 Å². The van der Waals surface area contributed by atoms with Gasteiger partial charge in [0.25, 0.3) is 0 Å². The third-order valence-corrected chi connectivity index (χ3v) is 3.21. The van der Waals surface area contributed by atoms with Gasteiger partial charge in [0.15, 0.2) is 0 Å². The lowest BCUT2D eigenvalue weighted by atomic mass is 10.2. The maximum absolute atomic E-state index is 11.1. The van der Waals surface area contributed by atoms with Crippen molar-refractivity contribution in [2.75, 3.05) is 0 Å². The second-order valence-electron chi connectivity index (χ2n) is 3.98. The monoisotopic (exact) mass is 299 g/mol. The molecule has 0 bridgehead atoms. The van der Waals surface area contributed by atoms with Crippen LogP contribution in [0, 0.1) is 10.1 Å². The number of halogens is 2. The Balaban J connectivity index is 2.55. The fourth-order valence-corrected chi connectivity index (χ4v) is 2.21. The summed E-state index contributed by atoms with van der Waals surface area (Å²) in [6.45, 7) is 1.93. The summed E-state index contributed by atoms with van der Waals surface area (Å²) in [5.41, 5.74) is 0.908. The molecule has 19 heavy (non-hydrogen) atoms. The van der Waals surface area contributed by atoms with Crippen molar-refractivity contribution in [2.45, 2.75) is 19.8 Å². The summed E-state index contributed by atoms with van der Waals surface area (Å²) in [5, 5.41) is 15.9. The molecule has 0 aliphatic rings. The molecule has 0 fully saturated rings. The molecular weight excluding hydrogens is 289 g/mol. The van der Waals surface area contributed by atoms with E-state index in [1.54, 1.807) is 24.3 Å². The Morgan fingerprint density at radius 1 is 1.32 bits per heavy atom. The molecular formula is C12H11Cl2N3O2. The van der Waals surface area contributed by atoms with E-state index in [0.717, 1.165) is 6.42 Å². The number of hydrogen-bond donors (Lipinski definition) is 0. The molecule has 0 aliphatic carbocycles. The average Bonchev–Trinajstić information content (AvgIpc) is 2.68. The molecule has 2 aromatic rings. The van der Waals surface area contributed by atoms with Crippen molar-refractivity contribution in [3.05, 3.63) is 50.2 Å². The highest BCUT2D eigenvalue weighted by molar-refractivity contribution is 6.32. The topological polar surface area (TPSA) is 61.0 Å². The third-order valence-electron chi connectivity index (χ3n) is 2.62. The van der Waals surface area contributed by atoms with Crippen molar-refractivity contribution < 1.29 is 4.92 Å². The van der Waals surface area contributed by atoms with Gasteiger partial charge in [-0.15, -0.1) is 0 Å². The van der Waals surface area contributed by atoms with Crippen molar-refractivity contribution in [3.8, 4) is 5.69 Å². The van der Waals surface area contributed by atoms with E-state index in [9.17, 15) is 10.1 Å². The number of aryl methyl sites for hydroxylation is 1. The number of nitrogens with zero attached hydrogens (tertiary/aromatic N) is 3. The molecule has 0 amide bonds.